The molecule has 3 aromatic rings. The van der Waals surface area contributed by atoms with Gasteiger partial charge in [0.25, 0.3) is 5.89 Å². The Labute approximate surface area is 190 Å². The van der Waals surface area contributed by atoms with Crippen LogP contribution >= 0.6 is 0 Å². The quantitative estimate of drug-likeness (QED) is 0.255. The van der Waals surface area contributed by atoms with Crippen LogP contribution in [0.1, 0.15) is 37.9 Å². The molecule has 0 fully saturated rings. The van der Waals surface area contributed by atoms with Crippen molar-refractivity contribution in [3.05, 3.63) is 60.2 Å². The minimum absolute atomic E-state index is 0.0861. The Morgan fingerprint density at radius 2 is 1.76 bits per heavy atom. The van der Waals surface area contributed by atoms with Crippen LogP contribution in [0, 0.1) is 5.82 Å². The molecule has 9 nitrogen and oxygen atoms in total. The van der Waals surface area contributed by atoms with Gasteiger partial charge in [-0.05, 0) is 61.4 Å². The number of aromatic nitrogens is 2. The normalized spacial score (nSPS) is 10.6. The third kappa shape index (κ3) is 6.84. The minimum atomic E-state index is -0.449. The van der Waals surface area contributed by atoms with E-state index in [-0.39, 0.29) is 37.0 Å². The molecule has 2 amide bonds. The fraction of sp³-hybridized carbons (Fsp3) is 0.304. The molecule has 0 saturated heterocycles. The number of anilines is 1. The average molecular weight is 456 g/mol. The summed E-state index contributed by atoms with van der Waals surface area (Å²) < 4.78 is 23.6. The number of halogens is 1. The third-order valence-electron chi connectivity index (χ3n) is 4.96. The maximum atomic E-state index is 13.2. The number of rotatable bonds is 11. The van der Waals surface area contributed by atoms with E-state index >= 15 is 0 Å². The van der Waals surface area contributed by atoms with Gasteiger partial charge in [-0.15, -0.1) is 0 Å². The van der Waals surface area contributed by atoms with Crippen LogP contribution in [0.3, 0.4) is 0 Å². The first-order chi connectivity index (χ1) is 16.0. The van der Waals surface area contributed by atoms with Crippen molar-refractivity contribution in [1.82, 2.24) is 15.6 Å². The molecule has 1 aromatic heterocycles. The van der Waals surface area contributed by atoms with Crippen molar-refractivity contribution in [1.29, 1.82) is 0 Å². The lowest BCUT2D eigenvalue weighted by atomic mass is 10.1. The molecule has 1 heterocycles. The van der Waals surface area contributed by atoms with Gasteiger partial charge in [-0.25, -0.2) is 9.87 Å². The van der Waals surface area contributed by atoms with E-state index < -0.39 is 5.91 Å². The number of benzene rings is 2. The van der Waals surface area contributed by atoms with E-state index in [1.165, 1.54) is 24.3 Å². The van der Waals surface area contributed by atoms with E-state index in [2.05, 4.69) is 10.1 Å². The first kappa shape index (κ1) is 23.9. The number of unbranched alkanes of at least 4 members (excludes halogenated alkanes) is 2. The molecule has 3 rings (SSSR count). The Morgan fingerprint density at radius 3 is 2.42 bits per heavy atom. The Kier molecular flexibility index (Phi) is 8.48. The Hall–Kier alpha value is -3.79. The van der Waals surface area contributed by atoms with Crippen LogP contribution in [-0.4, -0.2) is 34.3 Å². The zero-order valence-corrected chi connectivity index (χ0v) is 18.2. The Morgan fingerprint density at radius 1 is 1.06 bits per heavy atom. The maximum absolute atomic E-state index is 13.2. The maximum Gasteiger partial charge on any atom is 0.257 e. The van der Waals surface area contributed by atoms with E-state index in [9.17, 15) is 14.0 Å². The molecule has 0 aliphatic heterocycles. The zero-order valence-electron chi connectivity index (χ0n) is 18.2. The average Bonchev–Trinajstić information content (AvgIpc) is 3.31. The number of hydrogen-bond acceptors (Lipinski definition) is 7. The van der Waals surface area contributed by atoms with E-state index in [1.54, 1.807) is 41.8 Å². The number of hydroxylamine groups is 1. The van der Waals surface area contributed by atoms with Crippen molar-refractivity contribution in [2.24, 2.45) is 0 Å². The van der Waals surface area contributed by atoms with Gasteiger partial charge in [0, 0.05) is 24.1 Å². The summed E-state index contributed by atoms with van der Waals surface area (Å²) in [5.74, 6) is 0.237. The molecular weight excluding hydrogens is 431 g/mol. The van der Waals surface area contributed by atoms with E-state index in [0.717, 1.165) is 0 Å². The monoisotopic (exact) mass is 456 g/mol. The molecule has 10 heteroatoms. The molecule has 0 aliphatic carbocycles. The van der Waals surface area contributed by atoms with Gasteiger partial charge >= 0.3 is 0 Å². The van der Waals surface area contributed by atoms with Gasteiger partial charge < -0.3 is 14.2 Å². The summed E-state index contributed by atoms with van der Waals surface area (Å²) >= 11 is 0. The largest absolute Gasteiger partial charge is 0.497 e. The molecule has 2 N–H and O–H groups in total. The van der Waals surface area contributed by atoms with Crippen LogP contribution < -0.4 is 15.1 Å². The molecular formula is C23H25FN4O5. The number of amides is 2. The fourth-order valence-electron chi connectivity index (χ4n) is 3.18. The van der Waals surface area contributed by atoms with Crippen LogP contribution in [0.2, 0.25) is 0 Å². The summed E-state index contributed by atoms with van der Waals surface area (Å²) in [7, 11) is 1.56. The summed E-state index contributed by atoms with van der Waals surface area (Å²) in [5.41, 5.74) is 2.81. The predicted molar refractivity (Wildman–Crippen MR) is 117 cm³/mol. The van der Waals surface area contributed by atoms with Gasteiger partial charge in [-0.3, -0.25) is 14.8 Å². The zero-order chi connectivity index (χ0) is 23.6. The fourth-order valence-corrected chi connectivity index (χ4v) is 3.18. The molecule has 0 bridgehead atoms. The highest BCUT2D eigenvalue weighted by Gasteiger charge is 2.20. The van der Waals surface area contributed by atoms with Crippen LogP contribution in [0.4, 0.5) is 10.1 Å². The Bertz CT molecular complexity index is 1050. The molecule has 0 radical (unpaired) electrons. The molecule has 0 unspecified atom stereocenters. The molecule has 174 valence electrons. The lowest BCUT2D eigenvalue weighted by Crippen LogP contribution is -2.30. The third-order valence-corrected chi connectivity index (χ3v) is 4.96. The standard InChI is InChI=1S/C23H25FN4O5/c1-32-19-13-11-18(12-14-19)28(22(30)6-4-2-3-5-21(29)26-31)15-20-25-23(33-27-20)16-7-9-17(24)10-8-16/h7-14,31H,2-6,15H2,1H3,(H,26,29). The second-order valence-electron chi connectivity index (χ2n) is 7.30. The second-order valence-corrected chi connectivity index (χ2v) is 7.30. The summed E-state index contributed by atoms with van der Waals surface area (Å²) in [6.45, 7) is 0.0861. The lowest BCUT2D eigenvalue weighted by Gasteiger charge is -2.21. The molecule has 2 aromatic carbocycles. The predicted octanol–water partition coefficient (Wildman–Crippen LogP) is 3.87. The summed E-state index contributed by atoms with van der Waals surface area (Å²) in [6, 6.07) is 12.7. The summed E-state index contributed by atoms with van der Waals surface area (Å²) in [6.07, 6.45) is 2.26. The number of ether oxygens (including phenoxy) is 1. The SMILES string of the molecule is COc1ccc(N(Cc2noc(-c3ccc(F)cc3)n2)C(=O)CCCCCC(=O)NO)cc1. The van der Waals surface area contributed by atoms with Crippen LogP contribution in [-0.2, 0) is 16.1 Å². The van der Waals surface area contributed by atoms with Crippen molar-refractivity contribution in [2.45, 2.75) is 38.6 Å². The van der Waals surface area contributed by atoms with Gasteiger partial charge in [-0.2, -0.15) is 4.98 Å². The first-order valence-electron chi connectivity index (χ1n) is 10.5. The van der Waals surface area contributed by atoms with Gasteiger partial charge in [0.05, 0.1) is 13.7 Å². The lowest BCUT2D eigenvalue weighted by molar-refractivity contribution is -0.129. The van der Waals surface area contributed by atoms with E-state index in [0.29, 0.717) is 42.1 Å². The highest BCUT2D eigenvalue weighted by atomic mass is 19.1. The van der Waals surface area contributed by atoms with Gasteiger partial charge in [-0.1, -0.05) is 11.6 Å². The second kappa shape index (κ2) is 11.7. The number of nitrogens with one attached hydrogen (secondary N) is 1. The van der Waals surface area contributed by atoms with Gasteiger partial charge in [0.15, 0.2) is 5.82 Å². The first-order valence-corrected chi connectivity index (χ1v) is 10.5. The van der Waals surface area contributed by atoms with Crippen molar-refractivity contribution in [3.8, 4) is 17.2 Å². The van der Waals surface area contributed by atoms with Crippen molar-refractivity contribution < 1.29 is 28.4 Å². The van der Waals surface area contributed by atoms with Gasteiger partial charge in [0.2, 0.25) is 11.8 Å². The molecule has 33 heavy (non-hydrogen) atoms. The molecule has 0 spiro atoms. The van der Waals surface area contributed by atoms with E-state index in [1.807, 2.05) is 0 Å². The number of hydrogen-bond donors (Lipinski definition) is 2. The molecule has 0 saturated carbocycles. The minimum Gasteiger partial charge on any atom is -0.497 e. The number of nitrogens with zero attached hydrogens (tertiary/aromatic N) is 3. The van der Waals surface area contributed by atoms with Crippen LogP contribution in [0.5, 0.6) is 5.75 Å². The van der Waals surface area contributed by atoms with Crippen molar-refractivity contribution in [3.63, 3.8) is 0 Å². The van der Waals surface area contributed by atoms with Crippen molar-refractivity contribution in [2.75, 3.05) is 12.0 Å². The molecule has 0 aliphatic rings. The molecule has 0 atom stereocenters. The van der Waals surface area contributed by atoms with Crippen molar-refractivity contribution >= 4 is 17.5 Å². The number of carbonyl (C=O) groups excluding carboxylic acids is 2. The summed E-state index contributed by atoms with van der Waals surface area (Å²) in [4.78, 5) is 30.0. The number of carbonyl (C=O) groups is 2. The Balaban J connectivity index is 1.70. The van der Waals surface area contributed by atoms with Crippen LogP contribution in [0.15, 0.2) is 53.1 Å². The highest BCUT2D eigenvalue weighted by Crippen LogP contribution is 2.23. The number of methoxy groups -OCH3 is 1. The van der Waals surface area contributed by atoms with Gasteiger partial charge in [0.1, 0.15) is 11.6 Å². The van der Waals surface area contributed by atoms with E-state index in [4.69, 9.17) is 14.5 Å². The highest BCUT2D eigenvalue weighted by molar-refractivity contribution is 5.93. The topological polar surface area (TPSA) is 118 Å². The smallest absolute Gasteiger partial charge is 0.257 e. The van der Waals surface area contributed by atoms with Crippen LogP contribution in [0.25, 0.3) is 11.5 Å². The summed E-state index contributed by atoms with van der Waals surface area (Å²) in [5, 5.41) is 12.5.